The molecule has 0 aliphatic carbocycles. The molecule has 1 heterocycles. The predicted octanol–water partition coefficient (Wildman–Crippen LogP) is 4.49. The highest BCUT2D eigenvalue weighted by atomic mass is 35.5. The van der Waals surface area contributed by atoms with E-state index in [0.717, 1.165) is 17.0 Å². The summed E-state index contributed by atoms with van der Waals surface area (Å²) in [4.78, 5) is 4.34. The maximum Gasteiger partial charge on any atom is 0.151 e. The summed E-state index contributed by atoms with van der Waals surface area (Å²) in [5.41, 5.74) is 1.90. The Bertz CT molecular complexity index is 632. The Morgan fingerprint density at radius 3 is 2.40 bits per heavy atom. The lowest BCUT2D eigenvalue weighted by Gasteiger charge is -2.12. The summed E-state index contributed by atoms with van der Waals surface area (Å²) in [6.45, 7) is 1.97. The molecule has 0 aliphatic heterocycles. The van der Waals surface area contributed by atoms with Crippen molar-refractivity contribution in [3.8, 4) is 5.75 Å². The number of pyridine rings is 1. The van der Waals surface area contributed by atoms with Gasteiger partial charge in [0.25, 0.3) is 0 Å². The number of ether oxygens (including phenoxy) is 1. The standard InChI is InChI=1S/C14H15Cl2N3O/c1-8-6-9(4-5-12(8)20-3)18-14-11(16)7-10(15)13(17-2)19-14/h4-7H,1-3H3,(H2,17,18,19). The largest absolute Gasteiger partial charge is 0.496 e. The molecule has 106 valence electrons. The van der Waals surface area contributed by atoms with Crippen LogP contribution in [0.15, 0.2) is 24.3 Å². The first-order valence-electron chi connectivity index (χ1n) is 6.00. The van der Waals surface area contributed by atoms with Gasteiger partial charge in [0.05, 0.1) is 17.2 Å². The molecule has 0 bridgehead atoms. The smallest absolute Gasteiger partial charge is 0.151 e. The van der Waals surface area contributed by atoms with Gasteiger partial charge in [-0.3, -0.25) is 0 Å². The van der Waals surface area contributed by atoms with Crippen LogP contribution in [0.1, 0.15) is 5.56 Å². The van der Waals surface area contributed by atoms with Gasteiger partial charge in [-0.1, -0.05) is 23.2 Å². The van der Waals surface area contributed by atoms with E-state index in [0.29, 0.717) is 21.7 Å². The van der Waals surface area contributed by atoms with E-state index < -0.39 is 0 Å². The molecule has 20 heavy (non-hydrogen) atoms. The summed E-state index contributed by atoms with van der Waals surface area (Å²) in [5.74, 6) is 1.95. The number of hydrogen-bond acceptors (Lipinski definition) is 4. The van der Waals surface area contributed by atoms with Crippen LogP contribution >= 0.6 is 23.2 Å². The van der Waals surface area contributed by atoms with Crippen LogP contribution in [-0.4, -0.2) is 19.1 Å². The second-order valence-electron chi connectivity index (χ2n) is 4.21. The van der Waals surface area contributed by atoms with Crippen LogP contribution in [0.4, 0.5) is 17.3 Å². The predicted molar refractivity (Wildman–Crippen MR) is 84.8 cm³/mol. The molecule has 0 atom stereocenters. The first-order valence-corrected chi connectivity index (χ1v) is 6.76. The Kier molecular flexibility index (Phi) is 4.57. The Labute approximate surface area is 128 Å². The molecule has 0 aliphatic rings. The van der Waals surface area contributed by atoms with Gasteiger partial charge in [-0.2, -0.15) is 0 Å². The van der Waals surface area contributed by atoms with Crippen molar-refractivity contribution in [3.05, 3.63) is 39.9 Å². The molecule has 0 fully saturated rings. The van der Waals surface area contributed by atoms with Gasteiger partial charge >= 0.3 is 0 Å². The van der Waals surface area contributed by atoms with Crippen molar-refractivity contribution < 1.29 is 4.74 Å². The van der Waals surface area contributed by atoms with Crippen molar-refractivity contribution in [1.29, 1.82) is 0 Å². The number of benzene rings is 1. The normalized spacial score (nSPS) is 10.2. The van der Waals surface area contributed by atoms with Crippen molar-refractivity contribution in [2.24, 2.45) is 0 Å². The Balaban J connectivity index is 2.32. The summed E-state index contributed by atoms with van der Waals surface area (Å²) < 4.78 is 5.23. The first kappa shape index (κ1) is 14.8. The van der Waals surface area contributed by atoms with Crippen molar-refractivity contribution in [1.82, 2.24) is 4.98 Å². The van der Waals surface area contributed by atoms with Gasteiger partial charge < -0.3 is 15.4 Å². The van der Waals surface area contributed by atoms with Gasteiger partial charge in [-0.15, -0.1) is 0 Å². The molecule has 0 spiro atoms. The average molecular weight is 312 g/mol. The van der Waals surface area contributed by atoms with E-state index in [4.69, 9.17) is 27.9 Å². The molecule has 0 radical (unpaired) electrons. The molecule has 0 amide bonds. The zero-order chi connectivity index (χ0) is 14.7. The monoisotopic (exact) mass is 311 g/mol. The van der Waals surface area contributed by atoms with E-state index in [9.17, 15) is 0 Å². The topological polar surface area (TPSA) is 46.2 Å². The lowest BCUT2D eigenvalue weighted by molar-refractivity contribution is 0.412. The summed E-state index contributed by atoms with van der Waals surface area (Å²) in [6, 6.07) is 7.41. The molecule has 1 aromatic carbocycles. The number of rotatable bonds is 4. The summed E-state index contributed by atoms with van der Waals surface area (Å²) in [7, 11) is 3.40. The molecule has 6 heteroatoms. The number of methoxy groups -OCH3 is 1. The minimum atomic E-state index is 0.461. The quantitative estimate of drug-likeness (QED) is 0.873. The summed E-state index contributed by atoms with van der Waals surface area (Å²) in [5, 5.41) is 7.03. The van der Waals surface area contributed by atoms with Gasteiger partial charge in [0.1, 0.15) is 11.6 Å². The van der Waals surface area contributed by atoms with Crippen LogP contribution in [0.25, 0.3) is 0 Å². The number of aryl methyl sites for hydroxylation is 1. The van der Waals surface area contributed by atoms with E-state index in [-0.39, 0.29) is 0 Å². The fourth-order valence-corrected chi connectivity index (χ4v) is 2.32. The zero-order valence-corrected chi connectivity index (χ0v) is 12.9. The van der Waals surface area contributed by atoms with Crippen molar-refractivity contribution >= 4 is 40.5 Å². The van der Waals surface area contributed by atoms with E-state index >= 15 is 0 Å². The third-order valence-electron chi connectivity index (χ3n) is 2.82. The minimum absolute atomic E-state index is 0.461. The van der Waals surface area contributed by atoms with Crippen LogP contribution in [-0.2, 0) is 0 Å². The number of nitrogens with zero attached hydrogens (tertiary/aromatic N) is 1. The van der Waals surface area contributed by atoms with Gasteiger partial charge in [-0.25, -0.2) is 4.98 Å². The van der Waals surface area contributed by atoms with E-state index in [2.05, 4.69) is 15.6 Å². The first-order chi connectivity index (χ1) is 9.55. The highest BCUT2D eigenvalue weighted by Crippen LogP contribution is 2.31. The molecule has 2 N–H and O–H groups in total. The molecule has 1 aromatic heterocycles. The van der Waals surface area contributed by atoms with E-state index in [1.807, 2.05) is 25.1 Å². The fraction of sp³-hybridized carbons (Fsp3) is 0.214. The van der Waals surface area contributed by atoms with Crippen LogP contribution < -0.4 is 15.4 Å². The molecular formula is C14H15Cl2N3O. The van der Waals surface area contributed by atoms with E-state index in [1.165, 1.54) is 0 Å². The van der Waals surface area contributed by atoms with Gasteiger partial charge in [-0.05, 0) is 36.8 Å². The molecule has 0 saturated carbocycles. The molecule has 2 aromatic rings. The van der Waals surface area contributed by atoms with Crippen LogP contribution in [0.5, 0.6) is 5.75 Å². The molecule has 0 saturated heterocycles. The van der Waals surface area contributed by atoms with Crippen LogP contribution in [0, 0.1) is 6.92 Å². The fourth-order valence-electron chi connectivity index (χ4n) is 1.82. The molecule has 4 nitrogen and oxygen atoms in total. The zero-order valence-electron chi connectivity index (χ0n) is 11.4. The van der Waals surface area contributed by atoms with E-state index in [1.54, 1.807) is 20.2 Å². The van der Waals surface area contributed by atoms with Gasteiger partial charge in [0.15, 0.2) is 5.82 Å². The van der Waals surface area contributed by atoms with Gasteiger partial charge in [0.2, 0.25) is 0 Å². The number of aromatic nitrogens is 1. The SMILES string of the molecule is CNc1nc(Nc2ccc(OC)c(C)c2)c(Cl)cc1Cl. The molecule has 0 unspecified atom stereocenters. The number of hydrogen-bond donors (Lipinski definition) is 2. The Hall–Kier alpha value is -1.65. The van der Waals surface area contributed by atoms with Crippen molar-refractivity contribution in [3.63, 3.8) is 0 Å². The highest BCUT2D eigenvalue weighted by molar-refractivity contribution is 6.37. The molecular weight excluding hydrogens is 297 g/mol. The lowest BCUT2D eigenvalue weighted by Crippen LogP contribution is -2.00. The summed E-state index contributed by atoms with van der Waals surface area (Å²) in [6.07, 6.45) is 0. The van der Waals surface area contributed by atoms with Crippen LogP contribution in [0.3, 0.4) is 0 Å². The minimum Gasteiger partial charge on any atom is -0.496 e. The lowest BCUT2D eigenvalue weighted by atomic mass is 10.2. The maximum absolute atomic E-state index is 6.14. The highest BCUT2D eigenvalue weighted by Gasteiger charge is 2.09. The Morgan fingerprint density at radius 2 is 1.80 bits per heavy atom. The van der Waals surface area contributed by atoms with Crippen molar-refractivity contribution in [2.45, 2.75) is 6.92 Å². The number of halogens is 2. The van der Waals surface area contributed by atoms with Gasteiger partial charge in [0, 0.05) is 12.7 Å². The second-order valence-corrected chi connectivity index (χ2v) is 5.02. The third kappa shape index (κ3) is 3.08. The summed E-state index contributed by atoms with van der Waals surface area (Å²) >= 11 is 12.2. The van der Waals surface area contributed by atoms with Crippen LogP contribution in [0.2, 0.25) is 10.0 Å². The second kappa shape index (κ2) is 6.20. The maximum atomic E-state index is 6.14. The molecule has 2 rings (SSSR count). The van der Waals surface area contributed by atoms with Crippen molar-refractivity contribution in [2.75, 3.05) is 24.8 Å². The third-order valence-corrected chi connectivity index (χ3v) is 3.40. The Morgan fingerprint density at radius 1 is 1.10 bits per heavy atom. The number of anilines is 3. The average Bonchev–Trinajstić information content (AvgIpc) is 2.42. The number of nitrogens with one attached hydrogen (secondary N) is 2.